The summed E-state index contributed by atoms with van der Waals surface area (Å²) in [6.45, 7) is 1.72. The van der Waals surface area contributed by atoms with E-state index < -0.39 is 5.63 Å². The van der Waals surface area contributed by atoms with Crippen LogP contribution in [0.4, 0.5) is 0 Å². The summed E-state index contributed by atoms with van der Waals surface area (Å²) in [6, 6.07) is 4.04. The largest absolute Gasteiger partial charge is 0.508 e. The van der Waals surface area contributed by atoms with Crippen molar-refractivity contribution in [3.63, 3.8) is 0 Å². The highest BCUT2D eigenvalue weighted by Crippen LogP contribution is 2.29. The number of aliphatic hydroxyl groups is 1. The summed E-state index contributed by atoms with van der Waals surface area (Å²) < 4.78 is 10.5. The Morgan fingerprint density at radius 2 is 2.04 bits per heavy atom. The number of fused-ring (bicyclic) bond motifs is 1. The molecular formula is C18H18O6. The number of aromatic hydroxyl groups is 2. The van der Waals surface area contributed by atoms with Crippen LogP contribution in [0.3, 0.4) is 0 Å². The molecule has 1 aliphatic rings. The first-order valence-electron chi connectivity index (χ1n) is 7.62. The third-order valence-electron chi connectivity index (χ3n) is 3.71. The van der Waals surface area contributed by atoms with Gasteiger partial charge in [0.05, 0.1) is 12.2 Å². The minimum Gasteiger partial charge on any atom is -0.508 e. The molecule has 0 spiro atoms. The molecule has 0 bridgehead atoms. The number of aliphatic hydroxyl groups excluding tert-OH is 1. The molecular weight excluding hydrogens is 312 g/mol. The second-order valence-corrected chi connectivity index (χ2v) is 5.83. The normalized spacial score (nSPS) is 21.8. The number of hydrogen-bond acceptors (Lipinski definition) is 6. The van der Waals surface area contributed by atoms with Gasteiger partial charge in [-0.15, -0.1) is 0 Å². The van der Waals surface area contributed by atoms with E-state index in [-0.39, 0.29) is 35.2 Å². The average Bonchev–Trinajstić information content (AvgIpc) is 3.19. The molecule has 3 N–H and O–H groups in total. The predicted octanol–water partition coefficient (Wildman–Crippen LogP) is 2.31. The number of rotatable bonds is 5. The van der Waals surface area contributed by atoms with Crippen LogP contribution in [0.25, 0.3) is 16.8 Å². The van der Waals surface area contributed by atoms with Crippen molar-refractivity contribution in [3.05, 3.63) is 52.6 Å². The molecule has 3 atom stereocenters. The molecule has 1 aromatic carbocycles. The monoisotopic (exact) mass is 330 g/mol. The van der Waals surface area contributed by atoms with Gasteiger partial charge in [-0.1, -0.05) is 18.2 Å². The van der Waals surface area contributed by atoms with Gasteiger partial charge in [0.15, 0.2) is 0 Å². The van der Waals surface area contributed by atoms with Crippen LogP contribution in [0.5, 0.6) is 11.5 Å². The molecule has 2 heterocycles. The molecule has 6 nitrogen and oxygen atoms in total. The van der Waals surface area contributed by atoms with Gasteiger partial charge in [0.1, 0.15) is 28.7 Å². The van der Waals surface area contributed by atoms with Gasteiger partial charge in [0.2, 0.25) is 0 Å². The Morgan fingerprint density at radius 1 is 1.25 bits per heavy atom. The van der Waals surface area contributed by atoms with Crippen LogP contribution in [-0.4, -0.2) is 33.6 Å². The Hall–Kier alpha value is -2.57. The lowest BCUT2D eigenvalue weighted by Crippen LogP contribution is -2.05. The molecule has 1 fully saturated rings. The Balaban J connectivity index is 1.73. The molecule has 3 rings (SSSR count). The van der Waals surface area contributed by atoms with E-state index in [9.17, 15) is 20.1 Å². The van der Waals surface area contributed by atoms with Crippen LogP contribution >= 0.6 is 0 Å². The second-order valence-electron chi connectivity index (χ2n) is 5.83. The van der Waals surface area contributed by atoms with Crippen LogP contribution in [0.2, 0.25) is 0 Å². The molecule has 2 aromatic rings. The Labute approximate surface area is 137 Å². The van der Waals surface area contributed by atoms with E-state index in [1.807, 2.05) is 6.08 Å². The van der Waals surface area contributed by atoms with Gasteiger partial charge in [-0.05, 0) is 25.1 Å². The lowest BCUT2D eigenvalue weighted by Gasteiger charge is -2.01. The summed E-state index contributed by atoms with van der Waals surface area (Å²) in [7, 11) is 0. The smallest absolute Gasteiger partial charge is 0.347 e. The summed E-state index contributed by atoms with van der Waals surface area (Å²) in [4.78, 5) is 11.9. The molecule has 6 heteroatoms. The van der Waals surface area contributed by atoms with Gasteiger partial charge in [-0.3, -0.25) is 0 Å². The van der Waals surface area contributed by atoms with Crippen LogP contribution in [0.15, 0.2) is 45.6 Å². The van der Waals surface area contributed by atoms with Gasteiger partial charge in [-0.2, -0.15) is 0 Å². The number of epoxide rings is 1. The third kappa shape index (κ3) is 3.67. The molecule has 0 aliphatic carbocycles. The maximum Gasteiger partial charge on any atom is 0.347 e. The van der Waals surface area contributed by atoms with Crippen molar-refractivity contribution in [1.29, 1.82) is 0 Å². The van der Waals surface area contributed by atoms with Crippen molar-refractivity contribution < 1.29 is 24.5 Å². The first-order chi connectivity index (χ1) is 11.4. The second kappa shape index (κ2) is 6.51. The van der Waals surface area contributed by atoms with E-state index in [1.165, 1.54) is 6.07 Å². The van der Waals surface area contributed by atoms with E-state index in [2.05, 4.69) is 0 Å². The molecule has 1 saturated heterocycles. The first-order valence-corrected chi connectivity index (χ1v) is 7.62. The third-order valence-corrected chi connectivity index (χ3v) is 3.71. The van der Waals surface area contributed by atoms with Gasteiger partial charge in [-0.25, -0.2) is 4.79 Å². The fourth-order valence-electron chi connectivity index (χ4n) is 2.57. The number of ether oxygens (including phenoxy) is 1. The summed E-state index contributed by atoms with van der Waals surface area (Å²) >= 11 is 0. The Bertz CT molecular complexity index is 862. The summed E-state index contributed by atoms with van der Waals surface area (Å²) in [5.41, 5.74) is -0.670. The minimum absolute atomic E-state index is 0.00163. The fourth-order valence-corrected chi connectivity index (χ4v) is 2.57. The summed E-state index contributed by atoms with van der Waals surface area (Å²) in [5.74, 6) is -0.140. The summed E-state index contributed by atoms with van der Waals surface area (Å²) in [6.07, 6.45) is 7.21. The maximum absolute atomic E-state index is 11.9. The van der Waals surface area contributed by atoms with Crippen molar-refractivity contribution in [2.75, 3.05) is 0 Å². The Kier molecular flexibility index (Phi) is 4.42. The van der Waals surface area contributed by atoms with E-state index in [1.54, 1.807) is 31.2 Å². The van der Waals surface area contributed by atoms with E-state index >= 15 is 0 Å². The van der Waals surface area contributed by atoms with Crippen LogP contribution in [-0.2, 0) is 4.74 Å². The van der Waals surface area contributed by atoms with Gasteiger partial charge in [0.25, 0.3) is 0 Å². The van der Waals surface area contributed by atoms with Gasteiger partial charge >= 0.3 is 5.63 Å². The lowest BCUT2D eigenvalue weighted by molar-refractivity contribution is 0.170. The van der Waals surface area contributed by atoms with E-state index in [0.29, 0.717) is 17.6 Å². The quantitative estimate of drug-likeness (QED) is 0.574. The van der Waals surface area contributed by atoms with Gasteiger partial charge in [0, 0.05) is 17.9 Å². The lowest BCUT2D eigenvalue weighted by atomic mass is 10.1. The fraction of sp³-hybridized carbons (Fsp3) is 0.278. The highest BCUT2D eigenvalue weighted by molar-refractivity contribution is 5.89. The zero-order valence-corrected chi connectivity index (χ0v) is 13.0. The standard InChI is InChI=1S/C18H18O6/c1-10(19)6-16-15(24-16)5-3-2-4-13-8-11-7-12(20)9-14(21)17(11)18(22)23-13/h2-5,7-10,15-16,19-21H,6H2,1H3/b4-2+,5-3+/t10-,15-,16-/m1/s1. The molecule has 1 aromatic heterocycles. The molecule has 0 saturated carbocycles. The minimum atomic E-state index is -0.670. The Morgan fingerprint density at radius 3 is 2.79 bits per heavy atom. The molecule has 0 radical (unpaired) electrons. The molecule has 0 unspecified atom stereocenters. The van der Waals surface area contributed by atoms with Gasteiger partial charge < -0.3 is 24.5 Å². The maximum atomic E-state index is 11.9. The highest BCUT2D eigenvalue weighted by Gasteiger charge is 2.36. The van der Waals surface area contributed by atoms with Crippen molar-refractivity contribution >= 4 is 16.8 Å². The first kappa shape index (κ1) is 16.3. The van der Waals surface area contributed by atoms with E-state index in [0.717, 1.165) is 6.07 Å². The zero-order chi connectivity index (χ0) is 17.3. The zero-order valence-electron chi connectivity index (χ0n) is 13.0. The van der Waals surface area contributed by atoms with Crippen molar-refractivity contribution in [3.8, 4) is 11.5 Å². The summed E-state index contributed by atoms with van der Waals surface area (Å²) in [5, 5.41) is 28.9. The number of phenols is 2. The molecule has 24 heavy (non-hydrogen) atoms. The van der Waals surface area contributed by atoms with Crippen LogP contribution in [0, 0.1) is 0 Å². The number of allylic oxidation sites excluding steroid dienone is 2. The molecule has 126 valence electrons. The van der Waals surface area contributed by atoms with Crippen LogP contribution in [0.1, 0.15) is 19.1 Å². The number of benzene rings is 1. The average molecular weight is 330 g/mol. The number of phenolic OH excluding ortho intramolecular Hbond substituents is 2. The highest BCUT2D eigenvalue weighted by atomic mass is 16.6. The predicted molar refractivity (Wildman–Crippen MR) is 88.9 cm³/mol. The van der Waals surface area contributed by atoms with Crippen molar-refractivity contribution in [2.45, 2.75) is 31.7 Å². The number of hydrogen-bond donors (Lipinski definition) is 3. The van der Waals surface area contributed by atoms with Crippen molar-refractivity contribution in [1.82, 2.24) is 0 Å². The van der Waals surface area contributed by atoms with Crippen molar-refractivity contribution in [2.24, 2.45) is 0 Å². The topological polar surface area (TPSA) is 103 Å². The van der Waals surface area contributed by atoms with Crippen LogP contribution < -0.4 is 5.63 Å². The van der Waals surface area contributed by atoms with E-state index in [4.69, 9.17) is 9.15 Å². The SMILES string of the molecule is C[C@@H](O)C[C@H]1O[C@@H]1/C=C/C=C/c1cc2cc(O)cc(O)c2c(=O)o1. The molecule has 0 amide bonds. The molecule has 1 aliphatic heterocycles.